The van der Waals surface area contributed by atoms with Crippen LogP contribution in [0, 0.1) is 0 Å². The molecule has 5 nitrogen and oxygen atoms in total. The van der Waals surface area contributed by atoms with Gasteiger partial charge in [-0.05, 0) is 19.3 Å². The number of anilines is 1. The van der Waals surface area contributed by atoms with Gasteiger partial charge in [-0.2, -0.15) is 5.10 Å². The van der Waals surface area contributed by atoms with Gasteiger partial charge in [0.15, 0.2) is 0 Å². The molecular formula is C9H15N3O2S. The van der Waals surface area contributed by atoms with E-state index in [0.717, 1.165) is 30.5 Å². The summed E-state index contributed by atoms with van der Waals surface area (Å²) in [6, 6.07) is 0. The third kappa shape index (κ3) is 1.62. The molecule has 0 spiro atoms. The molecule has 6 heteroatoms. The molecule has 84 valence electrons. The second-order valence-electron chi connectivity index (χ2n) is 3.96. The fourth-order valence-corrected chi connectivity index (χ4v) is 2.60. The molecule has 1 aromatic heterocycles. The number of aryl methyl sites for hydroxylation is 2. The normalized spacial score (nSPS) is 15.4. The van der Waals surface area contributed by atoms with Gasteiger partial charge in [0.05, 0.1) is 11.9 Å². The summed E-state index contributed by atoms with van der Waals surface area (Å²) in [5.41, 5.74) is 2.13. The largest absolute Gasteiger partial charge is 0.257 e. The van der Waals surface area contributed by atoms with Crippen LogP contribution >= 0.6 is 0 Å². The van der Waals surface area contributed by atoms with Crippen LogP contribution in [0.25, 0.3) is 0 Å². The van der Waals surface area contributed by atoms with Crippen molar-refractivity contribution in [2.45, 2.75) is 19.3 Å². The Balaban J connectivity index is 2.53. The summed E-state index contributed by atoms with van der Waals surface area (Å²) in [5, 5.41) is 4.34. The third-order valence-electron chi connectivity index (χ3n) is 2.83. The number of sulfonamides is 1. The molecule has 1 aromatic rings. The molecule has 0 unspecified atom stereocenters. The van der Waals surface area contributed by atoms with Crippen molar-refractivity contribution in [3.63, 3.8) is 0 Å². The Hall–Kier alpha value is -1.04. The first-order chi connectivity index (χ1) is 6.91. The number of hydrogen-bond donors (Lipinski definition) is 0. The predicted molar refractivity (Wildman–Crippen MR) is 58.5 cm³/mol. The van der Waals surface area contributed by atoms with E-state index in [4.69, 9.17) is 0 Å². The number of fused-ring (bicyclic) bond motifs is 1. The van der Waals surface area contributed by atoms with Crippen molar-refractivity contribution >= 4 is 15.8 Å². The summed E-state index contributed by atoms with van der Waals surface area (Å²) in [4.78, 5) is 0. The smallest absolute Gasteiger partial charge is 0.233 e. The van der Waals surface area contributed by atoms with Gasteiger partial charge < -0.3 is 0 Å². The molecule has 0 atom stereocenters. The van der Waals surface area contributed by atoms with Crippen LogP contribution in [0.5, 0.6) is 0 Å². The maximum absolute atomic E-state index is 11.5. The number of aromatic nitrogens is 2. The lowest BCUT2D eigenvalue weighted by atomic mass is 10.2. The van der Waals surface area contributed by atoms with E-state index in [0.29, 0.717) is 5.82 Å². The Labute approximate surface area is 89.7 Å². The molecule has 0 radical (unpaired) electrons. The molecule has 0 fully saturated rings. The van der Waals surface area contributed by atoms with Crippen molar-refractivity contribution in [3.05, 3.63) is 11.3 Å². The lowest BCUT2D eigenvalue weighted by Crippen LogP contribution is -2.27. The first kappa shape index (κ1) is 10.5. The fourth-order valence-electron chi connectivity index (χ4n) is 2.05. The Kier molecular flexibility index (Phi) is 2.26. The molecule has 0 saturated carbocycles. The summed E-state index contributed by atoms with van der Waals surface area (Å²) in [6.07, 6.45) is 4.17. The molecule has 0 saturated heterocycles. The highest BCUT2D eigenvalue weighted by Crippen LogP contribution is 2.30. The highest BCUT2D eigenvalue weighted by Gasteiger charge is 2.26. The van der Waals surface area contributed by atoms with Crippen LogP contribution in [-0.4, -0.2) is 31.5 Å². The van der Waals surface area contributed by atoms with Gasteiger partial charge in [0.2, 0.25) is 10.0 Å². The molecule has 1 heterocycles. The summed E-state index contributed by atoms with van der Waals surface area (Å²) < 4.78 is 25.9. The zero-order valence-electron chi connectivity index (χ0n) is 9.19. The lowest BCUT2D eigenvalue weighted by molar-refractivity contribution is 0.597. The minimum absolute atomic E-state index is 0.713. The van der Waals surface area contributed by atoms with Crippen molar-refractivity contribution in [2.75, 3.05) is 17.6 Å². The van der Waals surface area contributed by atoms with Gasteiger partial charge in [-0.25, -0.2) is 8.42 Å². The Morgan fingerprint density at radius 2 is 2.07 bits per heavy atom. The molecule has 0 bridgehead atoms. The van der Waals surface area contributed by atoms with E-state index < -0.39 is 10.0 Å². The quantitative estimate of drug-likeness (QED) is 0.733. The highest BCUT2D eigenvalue weighted by molar-refractivity contribution is 7.92. The third-order valence-corrected chi connectivity index (χ3v) is 4.00. The van der Waals surface area contributed by atoms with Crippen LogP contribution in [0.4, 0.5) is 5.82 Å². The second-order valence-corrected chi connectivity index (χ2v) is 5.97. The monoisotopic (exact) mass is 229 g/mol. The van der Waals surface area contributed by atoms with Gasteiger partial charge in [-0.1, -0.05) is 0 Å². The zero-order chi connectivity index (χ0) is 11.2. The van der Waals surface area contributed by atoms with Crippen molar-refractivity contribution in [3.8, 4) is 0 Å². The van der Waals surface area contributed by atoms with Crippen molar-refractivity contribution < 1.29 is 8.42 Å². The second kappa shape index (κ2) is 3.23. The van der Waals surface area contributed by atoms with Crippen LogP contribution in [0.2, 0.25) is 0 Å². The molecule has 0 N–H and O–H groups in total. The summed E-state index contributed by atoms with van der Waals surface area (Å²) in [5.74, 6) is 0.713. The van der Waals surface area contributed by atoms with Crippen molar-refractivity contribution in [1.29, 1.82) is 0 Å². The van der Waals surface area contributed by atoms with E-state index in [2.05, 4.69) is 5.10 Å². The number of rotatable bonds is 2. The molecule has 1 aliphatic rings. The van der Waals surface area contributed by atoms with E-state index in [1.807, 2.05) is 0 Å². The average molecular weight is 229 g/mol. The topological polar surface area (TPSA) is 55.2 Å². The first-order valence-electron chi connectivity index (χ1n) is 4.90. The van der Waals surface area contributed by atoms with Crippen molar-refractivity contribution in [2.24, 2.45) is 7.05 Å². The van der Waals surface area contributed by atoms with Crippen LogP contribution in [0.3, 0.4) is 0 Å². The van der Waals surface area contributed by atoms with Crippen molar-refractivity contribution in [1.82, 2.24) is 9.78 Å². The fraction of sp³-hybridized carbons (Fsp3) is 0.667. The van der Waals surface area contributed by atoms with E-state index in [1.54, 1.807) is 18.8 Å². The van der Waals surface area contributed by atoms with E-state index >= 15 is 0 Å². The van der Waals surface area contributed by atoms with Gasteiger partial charge >= 0.3 is 0 Å². The summed E-state index contributed by atoms with van der Waals surface area (Å²) >= 11 is 0. The number of hydrogen-bond acceptors (Lipinski definition) is 3. The average Bonchev–Trinajstić information content (AvgIpc) is 2.60. The SMILES string of the molecule is CN(c1c2c(nn1C)CCC2)S(C)(=O)=O. The molecule has 2 rings (SSSR count). The van der Waals surface area contributed by atoms with E-state index in [-0.39, 0.29) is 0 Å². The Morgan fingerprint density at radius 1 is 1.40 bits per heavy atom. The van der Waals surface area contributed by atoms with Crippen LogP contribution in [0.15, 0.2) is 0 Å². The minimum atomic E-state index is -3.20. The van der Waals surface area contributed by atoms with Crippen LogP contribution in [0.1, 0.15) is 17.7 Å². The van der Waals surface area contributed by atoms with Crippen LogP contribution < -0.4 is 4.31 Å². The highest BCUT2D eigenvalue weighted by atomic mass is 32.2. The molecule has 1 aliphatic carbocycles. The molecule has 15 heavy (non-hydrogen) atoms. The standard InChI is InChI=1S/C9H15N3O2S/c1-11-9(12(2)15(3,13)14)7-5-4-6-8(7)10-11/h4-6H2,1-3H3. The van der Waals surface area contributed by atoms with Gasteiger partial charge in [-0.15, -0.1) is 0 Å². The zero-order valence-corrected chi connectivity index (χ0v) is 10.0. The Morgan fingerprint density at radius 3 is 2.67 bits per heavy atom. The van der Waals surface area contributed by atoms with Crippen LogP contribution in [-0.2, 0) is 29.9 Å². The molecule has 0 aliphatic heterocycles. The molecular weight excluding hydrogens is 214 g/mol. The van der Waals surface area contributed by atoms with Gasteiger partial charge in [0, 0.05) is 19.7 Å². The summed E-state index contributed by atoms with van der Waals surface area (Å²) in [7, 11) is 0.164. The minimum Gasteiger partial charge on any atom is -0.257 e. The Bertz CT molecular complexity index is 490. The van der Waals surface area contributed by atoms with E-state index in [9.17, 15) is 8.42 Å². The van der Waals surface area contributed by atoms with Gasteiger partial charge in [-0.3, -0.25) is 8.99 Å². The molecule has 0 amide bonds. The first-order valence-corrected chi connectivity index (χ1v) is 6.74. The van der Waals surface area contributed by atoms with Gasteiger partial charge in [0.25, 0.3) is 0 Å². The van der Waals surface area contributed by atoms with E-state index in [1.165, 1.54) is 10.6 Å². The molecule has 0 aromatic carbocycles. The predicted octanol–water partition coefficient (Wildman–Crippen LogP) is 0.305. The summed E-state index contributed by atoms with van der Waals surface area (Å²) in [6.45, 7) is 0. The lowest BCUT2D eigenvalue weighted by Gasteiger charge is -2.17. The maximum Gasteiger partial charge on any atom is 0.233 e. The maximum atomic E-state index is 11.5. The van der Waals surface area contributed by atoms with Gasteiger partial charge in [0.1, 0.15) is 5.82 Å². The number of nitrogens with zero attached hydrogens (tertiary/aromatic N) is 3.